The molecule has 1 amide bonds. The van der Waals surface area contributed by atoms with Gasteiger partial charge in [0.25, 0.3) is 0 Å². The average Bonchev–Trinajstić information content (AvgIpc) is 3.01. The summed E-state index contributed by atoms with van der Waals surface area (Å²) >= 11 is 1.41. The van der Waals surface area contributed by atoms with Crippen LogP contribution in [-0.4, -0.2) is 55.1 Å². The van der Waals surface area contributed by atoms with Gasteiger partial charge >= 0.3 is 0 Å². The smallest absolute Gasteiger partial charge is 0.219 e. The molecule has 3 aromatic carbocycles. The second-order valence-corrected chi connectivity index (χ2v) is 12.0. The number of nitrogens with zero attached hydrogens (tertiary/aromatic N) is 1. The first kappa shape index (κ1) is 31.4. The lowest BCUT2D eigenvalue weighted by Crippen LogP contribution is -2.55. The van der Waals surface area contributed by atoms with E-state index in [1.54, 1.807) is 25.2 Å². The zero-order chi connectivity index (χ0) is 30.0. The number of nitrogens with one attached hydrogen (secondary N) is 3. The van der Waals surface area contributed by atoms with Crippen LogP contribution in [0.1, 0.15) is 43.2 Å². The zero-order valence-corrected chi connectivity index (χ0v) is 24.9. The topological polar surface area (TPSA) is 111 Å². The largest absolute Gasteiger partial charge is 0.384 e. The Morgan fingerprint density at radius 1 is 1.10 bits per heavy atom. The molecule has 3 aromatic rings. The molecular formula is C33H40FN5O2S. The van der Waals surface area contributed by atoms with Gasteiger partial charge < -0.3 is 20.7 Å². The first-order valence-electron chi connectivity index (χ1n) is 14.4. The van der Waals surface area contributed by atoms with Gasteiger partial charge in [-0.15, -0.1) is 0 Å². The number of hydrogen-bond donors (Lipinski definition) is 4. The number of aldehydes is 1. The van der Waals surface area contributed by atoms with Crippen molar-refractivity contribution in [2.45, 2.75) is 49.0 Å². The summed E-state index contributed by atoms with van der Waals surface area (Å²) in [5.74, 6) is 0.389. The van der Waals surface area contributed by atoms with E-state index >= 15 is 0 Å². The highest BCUT2D eigenvalue weighted by Gasteiger charge is 2.34. The number of nitrogen functional groups attached to an aromatic ring is 1. The van der Waals surface area contributed by atoms with E-state index in [1.807, 2.05) is 42.5 Å². The maximum Gasteiger partial charge on any atom is 0.219 e. The third kappa shape index (κ3) is 8.98. The van der Waals surface area contributed by atoms with Crippen molar-refractivity contribution < 1.29 is 14.0 Å². The van der Waals surface area contributed by atoms with E-state index in [-0.39, 0.29) is 17.6 Å². The molecule has 1 aliphatic heterocycles. The summed E-state index contributed by atoms with van der Waals surface area (Å²) < 4.78 is 17.0. The van der Waals surface area contributed by atoms with Gasteiger partial charge in [0.2, 0.25) is 5.91 Å². The minimum absolute atomic E-state index is 0.00742. The molecular weight excluding hydrogens is 549 g/mol. The molecule has 5 N–H and O–H groups in total. The van der Waals surface area contributed by atoms with Crippen LogP contribution in [0.5, 0.6) is 0 Å². The van der Waals surface area contributed by atoms with Gasteiger partial charge in [0.1, 0.15) is 23.5 Å². The van der Waals surface area contributed by atoms with Crippen LogP contribution < -0.4 is 15.8 Å². The highest BCUT2D eigenvalue weighted by atomic mass is 32.2. The van der Waals surface area contributed by atoms with Gasteiger partial charge in [0.05, 0.1) is 0 Å². The number of rotatable bonds is 14. The van der Waals surface area contributed by atoms with Crippen molar-refractivity contribution >= 4 is 30.0 Å². The second kappa shape index (κ2) is 15.1. The number of carbonyl (C=O) groups is 2. The zero-order valence-electron chi connectivity index (χ0n) is 24.1. The summed E-state index contributed by atoms with van der Waals surface area (Å²) in [6.45, 7) is 2.32. The van der Waals surface area contributed by atoms with Crippen molar-refractivity contribution in [2.75, 3.05) is 26.7 Å². The van der Waals surface area contributed by atoms with Crippen LogP contribution >= 0.6 is 11.9 Å². The summed E-state index contributed by atoms with van der Waals surface area (Å²) in [5, 5.41) is 10.5. The molecule has 42 heavy (non-hydrogen) atoms. The van der Waals surface area contributed by atoms with Gasteiger partial charge in [-0.25, -0.2) is 9.11 Å². The van der Waals surface area contributed by atoms with Crippen LogP contribution in [0.25, 0.3) is 11.1 Å². The summed E-state index contributed by atoms with van der Waals surface area (Å²) in [5.41, 5.74) is 8.29. The Kier molecular flexibility index (Phi) is 11.3. The highest BCUT2D eigenvalue weighted by molar-refractivity contribution is 7.97. The van der Waals surface area contributed by atoms with Crippen molar-refractivity contribution in [3.8, 4) is 11.1 Å². The molecule has 0 aromatic heterocycles. The fraction of sp³-hybridized carbons (Fsp3) is 0.364. The number of hydrogen-bond acceptors (Lipinski definition) is 6. The molecule has 0 spiro atoms. The molecule has 0 saturated carbocycles. The van der Waals surface area contributed by atoms with Crippen molar-refractivity contribution in [1.29, 1.82) is 5.41 Å². The molecule has 1 atom stereocenters. The van der Waals surface area contributed by atoms with Gasteiger partial charge in [-0.2, -0.15) is 0 Å². The molecule has 1 saturated heterocycles. The third-order valence-corrected chi connectivity index (χ3v) is 8.87. The fourth-order valence-corrected chi connectivity index (χ4v) is 6.33. The van der Waals surface area contributed by atoms with Gasteiger partial charge in [0, 0.05) is 30.5 Å². The van der Waals surface area contributed by atoms with Crippen LogP contribution in [-0.2, 0) is 16.0 Å². The van der Waals surface area contributed by atoms with Crippen molar-refractivity contribution in [1.82, 2.24) is 14.9 Å². The first-order chi connectivity index (χ1) is 20.3. The van der Waals surface area contributed by atoms with E-state index in [0.717, 1.165) is 66.6 Å². The number of benzene rings is 3. The van der Waals surface area contributed by atoms with Gasteiger partial charge in [-0.3, -0.25) is 10.2 Å². The first-order valence-corrected chi connectivity index (χ1v) is 15.2. The second-order valence-electron chi connectivity index (χ2n) is 11.1. The molecule has 0 aliphatic carbocycles. The Hall–Kier alpha value is -3.53. The molecule has 1 fully saturated rings. The van der Waals surface area contributed by atoms with E-state index in [0.29, 0.717) is 30.9 Å². The minimum Gasteiger partial charge on any atom is -0.384 e. The number of likely N-dealkylation sites (tertiary alicyclic amines) is 1. The summed E-state index contributed by atoms with van der Waals surface area (Å²) in [4.78, 5) is 27.8. The van der Waals surface area contributed by atoms with E-state index in [4.69, 9.17) is 11.1 Å². The molecule has 0 radical (unpaired) electrons. The van der Waals surface area contributed by atoms with Crippen LogP contribution in [0.4, 0.5) is 4.39 Å². The number of nitrogens with two attached hydrogens (primary N) is 1. The number of halogens is 1. The van der Waals surface area contributed by atoms with Crippen molar-refractivity contribution in [2.24, 2.45) is 11.7 Å². The van der Waals surface area contributed by atoms with Crippen LogP contribution in [0.3, 0.4) is 0 Å². The maximum absolute atomic E-state index is 13.4. The van der Waals surface area contributed by atoms with Gasteiger partial charge in [-0.05, 0) is 110 Å². The molecule has 9 heteroatoms. The summed E-state index contributed by atoms with van der Waals surface area (Å²) in [6, 6.07) is 21.9. The van der Waals surface area contributed by atoms with E-state index < -0.39 is 5.54 Å². The summed E-state index contributed by atoms with van der Waals surface area (Å²) in [7, 11) is 1.67. The number of amides is 1. The van der Waals surface area contributed by atoms with Crippen LogP contribution in [0.15, 0.2) is 77.7 Å². The monoisotopic (exact) mass is 589 g/mol. The Labute approximate surface area is 252 Å². The Balaban J connectivity index is 1.48. The van der Waals surface area contributed by atoms with Crippen molar-refractivity contribution in [3.05, 3.63) is 89.7 Å². The molecule has 0 bridgehead atoms. The fourth-order valence-electron chi connectivity index (χ4n) is 5.49. The maximum atomic E-state index is 13.4. The predicted molar refractivity (Wildman–Crippen MR) is 168 cm³/mol. The molecule has 1 unspecified atom stereocenters. The standard InChI is InChI=1S/C33H40FN5O2S/c1-37-31(41)10-3-5-24-15-17-39(18-16-24)22-33(23-40,21-25-6-2-8-28(19-25)32(35)36)38-42-30-9-4-7-27(20-30)26-11-13-29(34)14-12-26/h2,4,6-9,11-14,19-20,23-24,38H,3,5,10,15-18,21-22H2,1H3,(H3,35,36)(H,37,41). The van der Waals surface area contributed by atoms with Crippen LogP contribution in [0, 0.1) is 17.1 Å². The van der Waals surface area contributed by atoms with E-state index in [9.17, 15) is 14.0 Å². The number of piperidine rings is 1. The third-order valence-electron chi connectivity index (χ3n) is 7.87. The Bertz CT molecular complexity index is 1360. The van der Waals surface area contributed by atoms with Gasteiger partial charge in [-0.1, -0.05) is 42.5 Å². The lowest BCUT2D eigenvalue weighted by molar-refractivity contribution is -0.120. The minimum atomic E-state index is -0.891. The lowest BCUT2D eigenvalue weighted by atomic mass is 9.88. The number of carbonyl (C=O) groups excluding carboxylic acids is 2. The molecule has 4 rings (SSSR count). The lowest BCUT2D eigenvalue weighted by Gasteiger charge is -2.38. The molecule has 222 valence electrons. The predicted octanol–water partition coefficient (Wildman–Crippen LogP) is 5.18. The average molecular weight is 590 g/mol. The molecule has 7 nitrogen and oxygen atoms in total. The van der Waals surface area contributed by atoms with Crippen molar-refractivity contribution in [3.63, 3.8) is 0 Å². The molecule has 1 aliphatic rings. The highest BCUT2D eigenvalue weighted by Crippen LogP contribution is 2.29. The van der Waals surface area contributed by atoms with Crippen LogP contribution in [0.2, 0.25) is 0 Å². The van der Waals surface area contributed by atoms with E-state index in [2.05, 4.69) is 14.9 Å². The Morgan fingerprint density at radius 2 is 1.83 bits per heavy atom. The number of amidine groups is 1. The van der Waals surface area contributed by atoms with E-state index in [1.165, 1.54) is 24.1 Å². The quantitative estimate of drug-likeness (QED) is 0.0893. The van der Waals surface area contributed by atoms with Gasteiger partial charge in [0.15, 0.2) is 0 Å². The Morgan fingerprint density at radius 3 is 2.52 bits per heavy atom. The molecule has 1 heterocycles. The SMILES string of the molecule is CNC(=O)CCCC1CCN(CC(C=O)(Cc2cccc(C(=N)N)c2)NSc2cccc(-c3ccc(F)cc3)c2)CC1. The normalized spacial score (nSPS) is 15.6. The summed E-state index contributed by atoms with van der Waals surface area (Å²) in [6.07, 6.45) is 6.02.